The molecule has 0 aliphatic rings. The Labute approximate surface area is 94.0 Å². The van der Waals surface area contributed by atoms with Gasteiger partial charge in [0, 0.05) is 12.4 Å². The first kappa shape index (κ1) is 10.5. The van der Waals surface area contributed by atoms with Crippen molar-refractivity contribution in [3.05, 3.63) is 36.7 Å². The molecule has 0 bridgehead atoms. The van der Waals surface area contributed by atoms with Crippen LogP contribution in [-0.4, -0.2) is 27.6 Å². The molecule has 0 aromatic carbocycles. The maximum atomic E-state index is 3.36. The lowest BCUT2D eigenvalue weighted by atomic mass is 10.7. The smallest absolute Gasteiger partial charge is 0.0859 e. The van der Waals surface area contributed by atoms with Gasteiger partial charge in [-0.15, -0.1) is 0 Å². The molecule has 2 atom stereocenters. The van der Waals surface area contributed by atoms with Crippen LogP contribution >= 0.6 is 0 Å². The number of hydrogen-bond acceptors (Lipinski definition) is 0. The van der Waals surface area contributed by atoms with E-state index in [1.165, 1.54) is 16.3 Å². The Morgan fingerprint density at radius 1 is 0.933 bits per heavy atom. The minimum Gasteiger partial charge on any atom is -0.369 e. The third kappa shape index (κ3) is 2.51. The van der Waals surface area contributed by atoms with Crippen LogP contribution in [-0.2, 0) is 0 Å². The summed E-state index contributed by atoms with van der Waals surface area (Å²) >= 11 is 0. The van der Waals surface area contributed by atoms with Crippen molar-refractivity contribution in [2.24, 2.45) is 0 Å². The fourth-order valence-corrected chi connectivity index (χ4v) is 10.0. The van der Waals surface area contributed by atoms with Crippen molar-refractivity contribution in [3.63, 3.8) is 0 Å². The van der Waals surface area contributed by atoms with Gasteiger partial charge in [-0.05, 0) is 34.9 Å². The molecule has 2 N–H and O–H groups in total. The van der Waals surface area contributed by atoms with E-state index in [-0.39, 0.29) is 0 Å². The van der Waals surface area contributed by atoms with E-state index < -0.39 is 17.6 Å². The molecular weight excluding hydrogens is 216 g/mol. The highest BCUT2D eigenvalue weighted by molar-refractivity contribution is 6.88. The summed E-state index contributed by atoms with van der Waals surface area (Å²) in [6.07, 6.45) is 4.08. The molecule has 15 heavy (non-hydrogen) atoms. The Balaban J connectivity index is 1.98. The standard InChI is InChI=1S/C11H18N2Si2/c1-14(10-5-3-7-12-10)9-15(2)11-6-4-8-13-11/h3-8,12-15H,9H2,1-2H3. The first-order valence-corrected chi connectivity index (χ1v) is 10.6. The number of hydrogen-bond donors (Lipinski definition) is 2. The molecule has 0 aliphatic heterocycles. The third-order valence-corrected chi connectivity index (χ3v) is 11.5. The maximum Gasteiger partial charge on any atom is 0.0859 e. The Hall–Kier alpha value is -1.01. The van der Waals surface area contributed by atoms with Gasteiger partial charge in [-0.3, -0.25) is 0 Å². The lowest BCUT2D eigenvalue weighted by molar-refractivity contribution is 1.44. The average molecular weight is 234 g/mol. The van der Waals surface area contributed by atoms with Gasteiger partial charge in [0.25, 0.3) is 0 Å². The van der Waals surface area contributed by atoms with Gasteiger partial charge in [0.2, 0.25) is 0 Å². The van der Waals surface area contributed by atoms with E-state index in [2.05, 4.69) is 47.3 Å². The molecule has 0 fully saturated rings. The summed E-state index contributed by atoms with van der Waals surface area (Å²) in [4.78, 5) is 6.72. The molecule has 2 unspecified atom stereocenters. The minimum absolute atomic E-state index is 0.728. The Morgan fingerprint density at radius 2 is 1.40 bits per heavy atom. The molecule has 80 valence electrons. The zero-order valence-electron chi connectivity index (χ0n) is 9.33. The number of rotatable bonds is 4. The highest BCUT2D eigenvalue weighted by Gasteiger charge is 2.15. The third-order valence-electron chi connectivity index (χ3n) is 3.01. The summed E-state index contributed by atoms with van der Waals surface area (Å²) in [6, 6.07) is 8.71. The fourth-order valence-electron chi connectivity index (χ4n) is 2.09. The molecule has 4 heteroatoms. The van der Waals surface area contributed by atoms with Crippen LogP contribution in [0.3, 0.4) is 0 Å². The average Bonchev–Trinajstić information content (AvgIpc) is 2.91. The number of aromatic amines is 2. The van der Waals surface area contributed by atoms with Gasteiger partial charge in [-0.1, -0.05) is 18.8 Å². The lowest BCUT2D eigenvalue weighted by Gasteiger charge is -2.12. The minimum atomic E-state index is -0.728. The SMILES string of the molecule is C[SiH](C[SiH](C)c1ccc[nH]1)c1ccc[nH]1. The fraction of sp³-hybridized carbons (Fsp3) is 0.273. The van der Waals surface area contributed by atoms with Crippen LogP contribution in [0.5, 0.6) is 0 Å². The topological polar surface area (TPSA) is 31.6 Å². The Bertz CT molecular complexity index is 342. The second kappa shape index (κ2) is 4.68. The quantitative estimate of drug-likeness (QED) is 0.730. The molecule has 0 saturated carbocycles. The molecule has 2 aromatic heterocycles. The molecule has 0 spiro atoms. The highest BCUT2D eigenvalue weighted by Crippen LogP contribution is 1.98. The zero-order valence-corrected chi connectivity index (χ0v) is 11.6. The van der Waals surface area contributed by atoms with Gasteiger partial charge in [0.05, 0.1) is 17.6 Å². The number of nitrogens with one attached hydrogen (secondary N) is 2. The second-order valence-electron chi connectivity index (χ2n) is 4.29. The van der Waals surface area contributed by atoms with E-state index in [1.807, 2.05) is 12.4 Å². The van der Waals surface area contributed by atoms with Crippen LogP contribution in [0.1, 0.15) is 0 Å². The van der Waals surface area contributed by atoms with Crippen molar-refractivity contribution < 1.29 is 0 Å². The monoisotopic (exact) mass is 234 g/mol. The van der Waals surface area contributed by atoms with E-state index in [0.29, 0.717) is 0 Å². The van der Waals surface area contributed by atoms with E-state index >= 15 is 0 Å². The molecule has 0 saturated heterocycles. The van der Waals surface area contributed by atoms with Crippen LogP contribution in [0.15, 0.2) is 36.7 Å². The highest BCUT2D eigenvalue weighted by atomic mass is 28.3. The van der Waals surface area contributed by atoms with Crippen molar-refractivity contribution in [2.75, 3.05) is 0 Å². The van der Waals surface area contributed by atoms with Crippen molar-refractivity contribution in [1.29, 1.82) is 0 Å². The summed E-state index contributed by atoms with van der Waals surface area (Å²) in [5, 5.41) is 3.00. The normalized spacial score (nSPS) is 15.1. The first-order chi connectivity index (χ1) is 7.27. The summed E-state index contributed by atoms with van der Waals surface area (Å²) < 4.78 is 0. The van der Waals surface area contributed by atoms with Gasteiger partial charge in [-0.2, -0.15) is 0 Å². The van der Waals surface area contributed by atoms with Crippen molar-refractivity contribution in [3.8, 4) is 0 Å². The van der Waals surface area contributed by atoms with Gasteiger partial charge >= 0.3 is 0 Å². The van der Waals surface area contributed by atoms with Crippen molar-refractivity contribution in [2.45, 2.75) is 18.8 Å². The van der Waals surface area contributed by atoms with Crippen LogP contribution in [0.4, 0.5) is 0 Å². The number of H-pyrrole nitrogens is 2. The predicted molar refractivity (Wildman–Crippen MR) is 71.7 cm³/mol. The molecule has 2 heterocycles. The molecule has 2 rings (SSSR count). The zero-order chi connectivity index (χ0) is 10.7. The molecule has 0 radical (unpaired) electrons. The van der Waals surface area contributed by atoms with Gasteiger partial charge in [0.1, 0.15) is 0 Å². The van der Waals surface area contributed by atoms with E-state index in [0.717, 1.165) is 0 Å². The van der Waals surface area contributed by atoms with Gasteiger partial charge in [0.15, 0.2) is 0 Å². The largest absolute Gasteiger partial charge is 0.369 e. The Morgan fingerprint density at radius 3 is 1.73 bits per heavy atom. The van der Waals surface area contributed by atoms with Crippen LogP contribution in [0, 0.1) is 0 Å². The van der Waals surface area contributed by atoms with Crippen LogP contribution in [0.2, 0.25) is 18.8 Å². The number of aromatic nitrogens is 2. The maximum absolute atomic E-state index is 3.36. The summed E-state index contributed by atoms with van der Waals surface area (Å²) in [7, 11) is -1.46. The lowest BCUT2D eigenvalue weighted by Crippen LogP contribution is -2.38. The van der Waals surface area contributed by atoms with Crippen molar-refractivity contribution in [1.82, 2.24) is 9.97 Å². The molecule has 2 aromatic rings. The van der Waals surface area contributed by atoms with E-state index in [1.54, 1.807) is 0 Å². The molecule has 2 nitrogen and oxygen atoms in total. The van der Waals surface area contributed by atoms with Gasteiger partial charge < -0.3 is 9.97 Å². The second-order valence-corrected chi connectivity index (χ2v) is 11.0. The van der Waals surface area contributed by atoms with E-state index in [4.69, 9.17) is 0 Å². The van der Waals surface area contributed by atoms with Gasteiger partial charge in [-0.25, -0.2) is 0 Å². The summed E-state index contributed by atoms with van der Waals surface area (Å²) in [6.45, 7) is 4.89. The van der Waals surface area contributed by atoms with E-state index in [9.17, 15) is 0 Å². The summed E-state index contributed by atoms with van der Waals surface area (Å²) in [5.41, 5.74) is 1.45. The first-order valence-electron chi connectivity index (χ1n) is 5.54. The van der Waals surface area contributed by atoms with Crippen LogP contribution < -0.4 is 10.6 Å². The van der Waals surface area contributed by atoms with Crippen LogP contribution in [0.25, 0.3) is 0 Å². The molecule has 0 amide bonds. The predicted octanol–water partition coefficient (Wildman–Crippen LogP) is 0.710. The summed E-state index contributed by atoms with van der Waals surface area (Å²) in [5.74, 6) is 0. The molecule has 0 aliphatic carbocycles. The van der Waals surface area contributed by atoms with Crippen molar-refractivity contribution >= 4 is 28.2 Å². The molecular formula is C11H18N2Si2. The Kier molecular flexibility index (Phi) is 3.28.